The zero-order chi connectivity index (χ0) is 23.4. The quantitative estimate of drug-likeness (QED) is 0.395. The van der Waals surface area contributed by atoms with Crippen LogP contribution in [0.2, 0.25) is 0 Å². The molecule has 2 aliphatic heterocycles. The zero-order valence-electron chi connectivity index (χ0n) is 19.2. The van der Waals surface area contributed by atoms with Gasteiger partial charge in [0.2, 0.25) is 12.2 Å². The van der Waals surface area contributed by atoms with Crippen molar-refractivity contribution in [3.8, 4) is 11.4 Å². The highest BCUT2D eigenvalue weighted by atomic mass is 16.5. The third-order valence-corrected chi connectivity index (χ3v) is 7.75. The molecule has 5 N–H and O–H groups in total. The van der Waals surface area contributed by atoms with Gasteiger partial charge in [-0.25, -0.2) is 9.97 Å². The van der Waals surface area contributed by atoms with E-state index in [0.717, 1.165) is 56.0 Å². The Balaban J connectivity index is 1.25. The Morgan fingerprint density at radius 2 is 2.09 bits per heavy atom. The molecule has 6 rings (SSSR count). The minimum absolute atomic E-state index is 0.184. The molecular formula is C24H29N9O. The van der Waals surface area contributed by atoms with Crippen molar-refractivity contribution in [3.63, 3.8) is 0 Å². The zero-order valence-corrected chi connectivity index (χ0v) is 19.2. The molecule has 0 spiro atoms. The predicted octanol–water partition coefficient (Wildman–Crippen LogP) is 2.62. The lowest BCUT2D eigenvalue weighted by atomic mass is 9.80. The van der Waals surface area contributed by atoms with E-state index in [1.54, 1.807) is 6.20 Å². The summed E-state index contributed by atoms with van der Waals surface area (Å²) >= 11 is 0. The highest BCUT2D eigenvalue weighted by Gasteiger charge is 2.46. The van der Waals surface area contributed by atoms with Gasteiger partial charge in [0.1, 0.15) is 11.5 Å². The van der Waals surface area contributed by atoms with Crippen LogP contribution >= 0.6 is 0 Å². The average molecular weight is 460 g/mol. The van der Waals surface area contributed by atoms with E-state index >= 15 is 0 Å². The lowest BCUT2D eigenvalue weighted by Gasteiger charge is -2.39. The smallest absolute Gasteiger partial charge is 0.214 e. The molecule has 34 heavy (non-hydrogen) atoms. The highest BCUT2D eigenvalue weighted by Crippen LogP contribution is 2.55. The summed E-state index contributed by atoms with van der Waals surface area (Å²) in [5.74, 6) is 2.94. The molecule has 2 atom stereocenters. The fourth-order valence-corrected chi connectivity index (χ4v) is 5.25. The van der Waals surface area contributed by atoms with Gasteiger partial charge in [-0.15, -0.1) is 0 Å². The molecule has 2 aromatic heterocycles. The second-order valence-electron chi connectivity index (χ2n) is 10.1. The lowest BCUT2D eigenvalue weighted by Crippen LogP contribution is -2.42. The van der Waals surface area contributed by atoms with Crippen molar-refractivity contribution < 1.29 is 4.52 Å². The molecule has 0 bridgehead atoms. The molecule has 10 heteroatoms. The lowest BCUT2D eigenvalue weighted by molar-refractivity contribution is 0.258. The molecule has 1 saturated carbocycles. The Morgan fingerprint density at radius 3 is 2.79 bits per heavy atom. The molecule has 2 fully saturated rings. The predicted molar refractivity (Wildman–Crippen MR) is 130 cm³/mol. The van der Waals surface area contributed by atoms with E-state index in [9.17, 15) is 0 Å². The van der Waals surface area contributed by atoms with Crippen molar-refractivity contribution in [2.75, 3.05) is 41.7 Å². The van der Waals surface area contributed by atoms with Crippen LogP contribution in [0.1, 0.15) is 43.4 Å². The van der Waals surface area contributed by atoms with Crippen LogP contribution in [0.3, 0.4) is 0 Å². The van der Waals surface area contributed by atoms with Gasteiger partial charge in [-0.1, -0.05) is 12.1 Å². The monoisotopic (exact) mass is 459 g/mol. The molecular weight excluding hydrogens is 430 g/mol. The number of rotatable bonds is 4. The Hall–Kier alpha value is -3.53. The number of nitrogens with one attached hydrogen (secondary N) is 1. The van der Waals surface area contributed by atoms with Crippen LogP contribution in [0.4, 0.5) is 17.3 Å². The first-order valence-corrected chi connectivity index (χ1v) is 11.8. The maximum atomic E-state index is 8.97. The number of hydrogen-bond acceptors (Lipinski definition) is 9. The number of piperidine rings is 1. The SMILES string of the molecule is CC1(CN)CCN(c2cnc(C(=N)N3CC4C[C@@H]4c4cc(-c5ncon5)ccc43)c(N)n2)CC1. The van der Waals surface area contributed by atoms with Gasteiger partial charge in [0.05, 0.1) is 6.20 Å². The van der Waals surface area contributed by atoms with Crippen molar-refractivity contribution in [3.05, 3.63) is 42.0 Å². The highest BCUT2D eigenvalue weighted by molar-refractivity contribution is 6.10. The average Bonchev–Trinajstić information content (AvgIpc) is 3.44. The van der Waals surface area contributed by atoms with Crippen molar-refractivity contribution in [1.29, 1.82) is 5.41 Å². The fourth-order valence-electron chi connectivity index (χ4n) is 5.25. The van der Waals surface area contributed by atoms with Gasteiger partial charge in [-0.05, 0) is 66.8 Å². The van der Waals surface area contributed by atoms with Gasteiger partial charge >= 0.3 is 0 Å². The molecule has 1 aromatic carbocycles. The summed E-state index contributed by atoms with van der Waals surface area (Å²) in [5, 5.41) is 12.9. The van der Waals surface area contributed by atoms with Gasteiger partial charge in [0, 0.05) is 30.9 Å². The van der Waals surface area contributed by atoms with E-state index < -0.39 is 0 Å². The third-order valence-electron chi connectivity index (χ3n) is 7.75. The van der Waals surface area contributed by atoms with Gasteiger partial charge in [0.15, 0.2) is 11.7 Å². The van der Waals surface area contributed by atoms with E-state index in [0.29, 0.717) is 29.9 Å². The largest absolute Gasteiger partial charge is 0.382 e. The van der Waals surface area contributed by atoms with Crippen LogP contribution < -0.4 is 21.3 Å². The van der Waals surface area contributed by atoms with Crippen LogP contribution in [-0.2, 0) is 0 Å². The van der Waals surface area contributed by atoms with E-state index in [1.165, 1.54) is 12.0 Å². The first-order chi connectivity index (χ1) is 16.5. The third kappa shape index (κ3) is 3.49. The fraction of sp³-hybridized carbons (Fsp3) is 0.458. The Labute approximate surface area is 197 Å². The maximum Gasteiger partial charge on any atom is 0.214 e. The van der Waals surface area contributed by atoms with E-state index in [2.05, 4.69) is 38.0 Å². The number of nitrogen functional groups attached to an aromatic ring is 1. The minimum Gasteiger partial charge on any atom is -0.382 e. The van der Waals surface area contributed by atoms with Gasteiger partial charge in [0.25, 0.3) is 0 Å². The second-order valence-corrected chi connectivity index (χ2v) is 10.1. The summed E-state index contributed by atoms with van der Waals surface area (Å²) in [7, 11) is 0. The maximum absolute atomic E-state index is 8.97. The number of aromatic nitrogens is 4. The van der Waals surface area contributed by atoms with E-state index in [1.807, 2.05) is 17.0 Å². The van der Waals surface area contributed by atoms with E-state index in [4.69, 9.17) is 21.4 Å². The molecule has 0 amide bonds. The topological polar surface area (TPSA) is 147 Å². The molecule has 1 aliphatic carbocycles. The molecule has 1 unspecified atom stereocenters. The first kappa shape index (κ1) is 21.0. The summed E-state index contributed by atoms with van der Waals surface area (Å²) in [6.45, 7) is 5.47. The van der Waals surface area contributed by atoms with Crippen LogP contribution in [0, 0.1) is 16.7 Å². The van der Waals surface area contributed by atoms with Gasteiger partial charge in [-0.2, -0.15) is 4.98 Å². The molecule has 1 saturated heterocycles. The van der Waals surface area contributed by atoms with Crippen molar-refractivity contribution in [2.24, 2.45) is 17.1 Å². The van der Waals surface area contributed by atoms with Crippen LogP contribution in [0.5, 0.6) is 0 Å². The summed E-state index contributed by atoms with van der Waals surface area (Å²) in [4.78, 5) is 17.6. The summed E-state index contributed by atoms with van der Waals surface area (Å²) in [6.07, 6.45) is 6.23. The number of nitrogens with zero attached hydrogens (tertiary/aromatic N) is 6. The van der Waals surface area contributed by atoms with Crippen LogP contribution in [-0.4, -0.2) is 52.1 Å². The number of benzene rings is 1. The van der Waals surface area contributed by atoms with Gasteiger partial charge in [-0.3, -0.25) is 5.41 Å². The molecule has 4 heterocycles. The molecule has 3 aliphatic rings. The normalized spacial score (nSPS) is 22.8. The summed E-state index contributed by atoms with van der Waals surface area (Å²) in [5.41, 5.74) is 16.0. The minimum atomic E-state index is 0.184. The molecule has 176 valence electrons. The van der Waals surface area contributed by atoms with Crippen molar-refractivity contribution >= 4 is 23.2 Å². The van der Waals surface area contributed by atoms with Crippen molar-refractivity contribution in [2.45, 2.75) is 32.1 Å². The number of anilines is 3. The van der Waals surface area contributed by atoms with Crippen LogP contribution in [0.25, 0.3) is 11.4 Å². The Kier molecular flexibility index (Phi) is 4.80. The molecule has 10 nitrogen and oxygen atoms in total. The van der Waals surface area contributed by atoms with E-state index in [-0.39, 0.29) is 17.1 Å². The standard InChI is InChI=1S/C24H29N9O/c1-24(12-25)4-6-32(7-5-24)19-10-28-20(21(26)30-19)22(27)33-11-15-9-16(15)17-8-14(2-3-18(17)33)23-29-13-34-31-23/h2-3,8,10,13,15-16,27H,4-7,9,11-12,25H2,1H3,(H2,26,30)/t15?,16-/m0/s1. The number of amidine groups is 1. The van der Waals surface area contributed by atoms with Crippen LogP contribution in [0.15, 0.2) is 35.3 Å². The number of fused-ring (bicyclic) bond motifs is 3. The summed E-state index contributed by atoms with van der Waals surface area (Å²) < 4.78 is 4.91. The second kappa shape index (κ2) is 7.76. The summed E-state index contributed by atoms with van der Waals surface area (Å²) in [6, 6.07) is 6.12. The Morgan fingerprint density at radius 1 is 1.26 bits per heavy atom. The Bertz CT molecular complexity index is 1230. The van der Waals surface area contributed by atoms with Crippen molar-refractivity contribution in [1.82, 2.24) is 20.1 Å². The van der Waals surface area contributed by atoms with Gasteiger partial charge < -0.3 is 25.8 Å². The number of nitrogens with two attached hydrogens (primary N) is 2. The number of hydrogen-bond donors (Lipinski definition) is 3. The first-order valence-electron chi connectivity index (χ1n) is 11.8. The molecule has 3 aromatic rings. The molecule has 0 radical (unpaired) electrons.